The summed E-state index contributed by atoms with van der Waals surface area (Å²) < 4.78 is 5.89. The molecular weight excluding hydrogens is 408 g/mol. The Morgan fingerprint density at radius 3 is 2.63 bits per heavy atom. The van der Waals surface area contributed by atoms with Crippen molar-refractivity contribution in [1.82, 2.24) is 4.90 Å². The number of carbonyl (C=O) groups excluding carboxylic acids is 1. The van der Waals surface area contributed by atoms with E-state index < -0.39 is 16.9 Å². The number of hydrogen-bond acceptors (Lipinski definition) is 5. The van der Waals surface area contributed by atoms with Gasteiger partial charge in [-0.15, -0.1) is 0 Å². The van der Waals surface area contributed by atoms with Crippen molar-refractivity contribution in [2.24, 2.45) is 5.92 Å². The number of aryl methyl sites for hydroxylation is 1. The highest BCUT2D eigenvalue weighted by atomic mass is 35.5. The Bertz CT molecular complexity index is 1260. The van der Waals surface area contributed by atoms with Crippen LogP contribution in [0, 0.1) is 23.0 Å². The molecule has 154 valence electrons. The van der Waals surface area contributed by atoms with Gasteiger partial charge in [-0.2, -0.15) is 0 Å². The van der Waals surface area contributed by atoms with Gasteiger partial charge >= 0.3 is 0 Å². The van der Waals surface area contributed by atoms with Crippen molar-refractivity contribution in [2.45, 2.75) is 26.8 Å². The molecule has 1 unspecified atom stereocenters. The van der Waals surface area contributed by atoms with Gasteiger partial charge in [0.1, 0.15) is 5.58 Å². The molecular formula is C22H19ClN2O5. The summed E-state index contributed by atoms with van der Waals surface area (Å²) in [5, 5.41) is 12.0. The fourth-order valence-electron chi connectivity index (χ4n) is 3.88. The molecule has 30 heavy (non-hydrogen) atoms. The third-order valence-electron chi connectivity index (χ3n) is 5.21. The highest BCUT2D eigenvalue weighted by Gasteiger charge is 2.43. The number of rotatable bonds is 4. The van der Waals surface area contributed by atoms with E-state index in [0.29, 0.717) is 17.1 Å². The van der Waals surface area contributed by atoms with Crippen LogP contribution in [0.1, 0.15) is 47.1 Å². The SMILES string of the molecule is Cc1cc2oc3c(c(=O)c2cc1Cl)C(c1cccc([N+](=O)[O-])c1)N(CC(C)C)C3=O. The summed E-state index contributed by atoms with van der Waals surface area (Å²) in [7, 11) is 0. The molecule has 1 atom stereocenters. The van der Waals surface area contributed by atoms with Gasteiger partial charge in [0.15, 0.2) is 5.43 Å². The predicted octanol–water partition coefficient (Wildman–Crippen LogP) is 4.86. The molecule has 7 nitrogen and oxygen atoms in total. The van der Waals surface area contributed by atoms with Crippen molar-refractivity contribution in [3.8, 4) is 0 Å². The monoisotopic (exact) mass is 426 g/mol. The topological polar surface area (TPSA) is 93.7 Å². The van der Waals surface area contributed by atoms with E-state index >= 15 is 0 Å². The lowest BCUT2D eigenvalue weighted by molar-refractivity contribution is -0.384. The summed E-state index contributed by atoms with van der Waals surface area (Å²) in [6.45, 7) is 6.06. The standard InChI is InChI=1S/C22H19ClN2O5/c1-11(2)10-24-19(13-5-4-6-14(8-13)25(28)29)18-20(26)15-9-16(23)12(3)7-17(15)30-21(18)22(24)27/h4-9,11,19H,10H2,1-3H3. The molecule has 1 amide bonds. The maximum atomic E-state index is 13.4. The number of nitrogens with zero attached hydrogens (tertiary/aromatic N) is 2. The molecule has 2 heterocycles. The van der Waals surface area contributed by atoms with Crippen LogP contribution in [-0.2, 0) is 0 Å². The summed E-state index contributed by atoms with van der Waals surface area (Å²) in [5.41, 5.74) is 1.23. The lowest BCUT2D eigenvalue weighted by Crippen LogP contribution is -2.33. The van der Waals surface area contributed by atoms with E-state index in [-0.39, 0.29) is 39.3 Å². The average molecular weight is 427 g/mol. The molecule has 0 bridgehead atoms. The minimum absolute atomic E-state index is 0.0219. The maximum Gasteiger partial charge on any atom is 0.290 e. The number of nitro groups is 1. The summed E-state index contributed by atoms with van der Waals surface area (Å²) in [6, 6.07) is 8.41. The van der Waals surface area contributed by atoms with Crippen LogP contribution in [0.15, 0.2) is 45.6 Å². The minimum atomic E-state index is -0.768. The summed E-state index contributed by atoms with van der Waals surface area (Å²) in [6.07, 6.45) is 0. The van der Waals surface area contributed by atoms with Crippen molar-refractivity contribution >= 4 is 34.2 Å². The highest BCUT2D eigenvalue weighted by molar-refractivity contribution is 6.32. The van der Waals surface area contributed by atoms with Crippen molar-refractivity contribution in [2.75, 3.05) is 6.54 Å². The maximum absolute atomic E-state index is 13.4. The van der Waals surface area contributed by atoms with E-state index in [4.69, 9.17) is 16.0 Å². The molecule has 0 fully saturated rings. The Balaban J connectivity index is 2.01. The second-order valence-corrected chi connectivity index (χ2v) is 8.28. The number of fused-ring (bicyclic) bond motifs is 2. The Morgan fingerprint density at radius 2 is 1.97 bits per heavy atom. The number of non-ortho nitro benzene ring substituents is 1. The molecule has 0 spiro atoms. The summed E-state index contributed by atoms with van der Waals surface area (Å²) >= 11 is 6.21. The molecule has 8 heteroatoms. The molecule has 0 saturated heterocycles. The second-order valence-electron chi connectivity index (χ2n) is 7.88. The lowest BCUT2D eigenvalue weighted by Gasteiger charge is -2.26. The van der Waals surface area contributed by atoms with Gasteiger partial charge in [-0.25, -0.2) is 0 Å². The Morgan fingerprint density at radius 1 is 1.23 bits per heavy atom. The highest BCUT2D eigenvalue weighted by Crippen LogP contribution is 2.39. The van der Waals surface area contributed by atoms with Gasteiger partial charge in [0, 0.05) is 23.7 Å². The molecule has 4 rings (SSSR count). The van der Waals surface area contributed by atoms with E-state index in [0.717, 1.165) is 5.56 Å². The largest absolute Gasteiger partial charge is 0.450 e. The number of amides is 1. The Kier molecular flexibility index (Phi) is 4.86. The van der Waals surface area contributed by atoms with E-state index in [1.54, 1.807) is 36.1 Å². The van der Waals surface area contributed by atoms with Crippen molar-refractivity contribution in [3.63, 3.8) is 0 Å². The van der Waals surface area contributed by atoms with Crippen LogP contribution in [0.4, 0.5) is 5.69 Å². The minimum Gasteiger partial charge on any atom is -0.450 e. The lowest BCUT2D eigenvalue weighted by atomic mass is 9.97. The van der Waals surface area contributed by atoms with E-state index in [1.807, 2.05) is 13.8 Å². The van der Waals surface area contributed by atoms with E-state index in [2.05, 4.69) is 0 Å². The predicted molar refractivity (Wildman–Crippen MR) is 113 cm³/mol. The normalized spacial score (nSPS) is 15.8. The zero-order valence-electron chi connectivity index (χ0n) is 16.6. The summed E-state index contributed by atoms with van der Waals surface area (Å²) in [5.74, 6) is -0.307. The van der Waals surface area contributed by atoms with E-state index in [9.17, 15) is 19.7 Å². The second kappa shape index (κ2) is 7.25. The quantitative estimate of drug-likeness (QED) is 0.438. The first-order valence-electron chi connectivity index (χ1n) is 9.51. The summed E-state index contributed by atoms with van der Waals surface area (Å²) in [4.78, 5) is 39.0. The zero-order valence-corrected chi connectivity index (χ0v) is 17.4. The molecule has 3 aromatic rings. The third-order valence-corrected chi connectivity index (χ3v) is 5.61. The molecule has 1 aliphatic heterocycles. The number of nitro benzene ring substituents is 1. The van der Waals surface area contributed by atoms with Gasteiger partial charge in [-0.3, -0.25) is 19.7 Å². The molecule has 0 N–H and O–H groups in total. The molecule has 0 aliphatic carbocycles. The van der Waals surface area contributed by atoms with Crippen molar-refractivity contribution < 1.29 is 14.1 Å². The molecule has 0 saturated carbocycles. The Labute approximate surface area is 177 Å². The number of benzene rings is 2. The molecule has 2 aromatic carbocycles. The first-order chi connectivity index (χ1) is 14.2. The molecule has 1 aromatic heterocycles. The number of hydrogen-bond donors (Lipinski definition) is 0. The van der Waals surface area contributed by atoms with Crippen LogP contribution in [-0.4, -0.2) is 22.3 Å². The van der Waals surface area contributed by atoms with Crippen molar-refractivity contribution in [1.29, 1.82) is 0 Å². The van der Waals surface area contributed by atoms with Crippen LogP contribution < -0.4 is 5.43 Å². The van der Waals surface area contributed by atoms with Crippen LogP contribution >= 0.6 is 11.6 Å². The fourth-order valence-corrected chi connectivity index (χ4v) is 4.04. The van der Waals surface area contributed by atoms with Crippen molar-refractivity contribution in [3.05, 3.63) is 84.2 Å². The van der Waals surface area contributed by atoms with Gasteiger partial charge in [0.25, 0.3) is 11.6 Å². The van der Waals surface area contributed by atoms with Crippen LogP contribution in [0.25, 0.3) is 11.0 Å². The first-order valence-corrected chi connectivity index (χ1v) is 9.89. The zero-order chi connectivity index (χ0) is 21.7. The smallest absolute Gasteiger partial charge is 0.290 e. The van der Waals surface area contributed by atoms with Gasteiger partial charge in [-0.05, 0) is 36.1 Å². The third kappa shape index (κ3) is 3.15. The average Bonchev–Trinajstić information content (AvgIpc) is 2.95. The van der Waals surface area contributed by atoms with Gasteiger partial charge in [0.2, 0.25) is 5.76 Å². The number of halogens is 1. The number of carbonyl (C=O) groups is 1. The van der Waals surface area contributed by atoms with Gasteiger partial charge in [0.05, 0.1) is 21.9 Å². The Hall–Kier alpha value is -3.19. The first kappa shape index (κ1) is 20.1. The molecule has 1 aliphatic rings. The van der Waals surface area contributed by atoms with Crippen LogP contribution in [0.3, 0.4) is 0 Å². The van der Waals surface area contributed by atoms with Crippen LogP contribution in [0.5, 0.6) is 0 Å². The van der Waals surface area contributed by atoms with Gasteiger partial charge < -0.3 is 9.32 Å². The van der Waals surface area contributed by atoms with Gasteiger partial charge in [-0.1, -0.05) is 37.6 Å². The van der Waals surface area contributed by atoms with Crippen LogP contribution in [0.2, 0.25) is 5.02 Å². The van der Waals surface area contributed by atoms with E-state index in [1.165, 1.54) is 12.1 Å². The molecule has 0 radical (unpaired) electrons. The fraction of sp³-hybridized carbons (Fsp3) is 0.273.